The molecule has 1 N–H and O–H groups in total. The Labute approximate surface area is 205 Å². The number of hydrogen-bond acceptors (Lipinski definition) is 6. The summed E-state index contributed by atoms with van der Waals surface area (Å²) < 4.78 is 8.05. The second-order valence-electron chi connectivity index (χ2n) is 8.47. The topological polar surface area (TPSA) is 87.4 Å². The third-order valence-corrected chi connectivity index (χ3v) is 6.94. The van der Waals surface area contributed by atoms with Crippen molar-refractivity contribution in [3.63, 3.8) is 0 Å². The summed E-state index contributed by atoms with van der Waals surface area (Å²) in [4.78, 5) is 34.8. The smallest absolute Gasteiger partial charge is 0.295 e. The van der Waals surface area contributed by atoms with E-state index >= 15 is 0 Å². The van der Waals surface area contributed by atoms with E-state index in [1.165, 1.54) is 0 Å². The highest BCUT2D eigenvalue weighted by Crippen LogP contribution is 2.40. The fourth-order valence-electron chi connectivity index (χ4n) is 4.70. The molecule has 0 bridgehead atoms. The lowest BCUT2D eigenvalue weighted by atomic mass is 9.96. The van der Waals surface area contributed by atoms with E-state index in [2.05, 4.69) is 25.8 Å². The van der Waals surface area contributed by atoms with E-state index in [0.717, 1.165) is 23.1 Å². The minimum atomic E-state index is -0.692. The molecule has 1 aromatic carbocycles. The average Bonchev–Trinajstić information content (AvgIpc) is 3.31. The highest BCUT2D eigenvalue weighted by Gasteiger charge is 2.46. The quantitative estimate of drug-likeness (QED) is 0.313. The number of imidazole rings is 1. The Kier molecular flexibility index (Phi) is 6.24. The zero-order valence-electron chi connectivity index (χ0n) is 18.8. The first-order valence-corrected chi connectivity index (χ1v) is 12.0. The third-order valence-electron chi connectivity index (χ3n) is 6.42. The van der Waals surface area contributed by atoms with Gasteiger partial charge in [-0.1, -0.05) is 34.1 Å². The van der Waals surface area contributed by atoms with Gasteiger partial charge in [-0.05, 0) is 36.8 Å². The van der Waals surface area contributed by atoms with Gasteiger partial charge in [0.1, 0.15) is 11.3 Å². The summed E-state index contributed by atoms with van der Waals surface area (Å²) in [7, 11) is 0. The highest BCUT2D eigenvalue weighted by molar-refractivity contribution is 9.10. The Morgan fingerprint density at radius 1 is 1.12 bits per heavy atom. The fourth-order valence-corrected chi connectivity index (χ4v) is 4.97. The Morgan fingerprint density at radius 3 is 2.59 bits per heavy atom. The van der Waals surface area contributed by atoms with Crippen molar-refractivity contribution in [1.29, 1.82) is 0 Å². The molecule has 1 amide bonds. The van der Waals surface area contributed by atoms with Crippen LogP contribution in [-0.2, 0) is 14.3 Å². The normalized spacial score (nSPS) is 21.0. The van der Waals surface area contributed by atoms with Crippen molar-refractivity contribution in [2.75, 3.05) is 39.4 Å². The van der Waals surface area contributed by atoms with E-state index in [1.807, 2.05) is 42.5 Å². The molecule has 0 saturated carbocycles. The molecule has 3 aromatic rings. The van der Waals surface area contributed by atoms with Crippen molar-refractivity contribution in [2.45, 2.75) is 13.0 Å². The van der Waals surface area contributed by atoms with Crippen molar-refractivity contribution < 1.29 is 19.4 Å². The Morgan fingerprint density at radius 2 is 1.85 bits per heavy atom. The van der Waals surface area contributed by atoms with Gasteiger partial charge in [0.25, 0.3) is 11.7 Å². The number of pyridine rings is 1. The van der Waals surface area contributed by atoms with Gasteiger partial charge in [0.2, 0.25) is 0 Å². The number of benzene rings is 1. The molecule has 34 heavy (non-hydrogen) atoms. The zero-order chi connectivity index (χ0) is 23.8. The number of morpholine rings is 1. The van der Waals surface area contributed by atoms with Gasteiger partial charge in [0, 0.05) is 36.8 Å². The second-order valence-corrected chi connectivity index (χ2v) is 9.39. The maximum atomic E-state index is 13.3. The minimum absolute atomic E-state index is 0.0862. The molecular formula is C25H25BrN4O4. The van der Waals surface area contributed by atoms with Crippen LogP contribution in [0.15, 0.2) is 58.7 Å². The van der Waals surface area contributed by atoms with Crippen LogP contribution in [0.5, 0.6) is 0 Å². The molecule has 5 rings (SSSR count). The second kappa shape index (κ2) is 9.32. The van der Waals surface area contributed by atoms with Crippen molar-refractivity contribution in [2.24, 2.45) is 0 Å². The van der Waals surface area contributed by atoms with Crippen molar-refractivity contribution in [3.05, 3.63) is 75.7 Å². The summed E-state index contributed by atoms with van der Waals surface area (Å²) in [6, 6.07) is 12.3. The fraction of sp³-hybridized carbons (Fsp3) is 0.320. The summed E-state index contributed by atoms with van der Waals surface area (Å²) in [5, 5.41) is 11.5. The standard InChI is InChI=1S/C25H25BrN4O4/c1-16-21(29-9-3-2-4-19(29)27-16)23(31)20-22(17-5-7-18(26)8-6-17)30(25(33)24(20)32)11-10-28-12-14-34-15-13-28/h2-9,22,31H,10-15H2,1H3/t22-/m1/s1. The molecule has 0 spiro atoms. The van der Waals surface area contributed by atoms with Gasteiger partial charge in [-0.25, -0.2) is 4.98 Å². The van der Waals surface area contributed by atoms with E-state index in [1.54, 1.807) is 22.4 Å². The molecule has 0 radical (unpaired) electrons. The number of aliphatic hydroxyl groups is 1. The minimum Gasteiger partial charge on any atom is -0.505 e. The van der Waals surface area contributed by atoms with Crippen molar-refractivity contribution in [1.82, 2.24) is 19.2 Å². The van der Waals surface area contributed by atoms with Crippen LogP contribution in [-0.4, -0.2) is 75.4 Å². The molecule has 2 aromatic heterocycles. The third kappa shape index (κ3) is 4.04. The molecule has 176 valence electrons. The van der Waals surface area contributed by atoms with E-state index in [9.17, 15) is 14.7 Å². The maximum absolute atomic E-state index is 13.3. The number of halogens is 1. The van der Waals surface area contributed by atoms with E-state index in [-0.39, 0.29) is 11.3 Å². The molecular weight excluding hydrogens is 500 g/mol. The van der Waals surface area contributed by atoms with Gasteiger partial charge < -0.3 is 14.7 Å². The van der Waals surface area contributed by atoms with Gasteiger partial charge in [-0.2, -0.15) is 0 Å². The maximum Gasteiger partial charge on any atom is 0.295 e. The molecule has 9 heteroatoms. The number of ether oxygens (including phenoxy) is 1. The van der Waals surface area contributed by atoms with Crippen molar-refractivity contribution in [3.8, 4) is 0 Å². The zero-order valence-corrected chi connectivity index (χ0v) is 20.4. The summed E-state index contributed by atoms with van der Waals surface area (Å²) in [6.45, 7) is 5.66. The summed E-state index contributed by atoms with van der Waals surface area (Å²) in [5.41, 5.74) is 2.51. The number of carbonyl (C=O) groups is 2. The number of aryl methyl sites for hydroxylation is 1. The number of likely N-dealkylation sites (tertiary alicyclic amines) is 1. The van der Waals surface area contributed by atoms with Gasteiger partial charge in [-0.3, -0.25) is 18.9 Å². The average molecular weight is 525 g/mol. The van der Waals surface area contributed by atoms with Crippen molar-refractivity contribution >= 4 is 39.0 Å². The number of hydrogen-bond donors (Lipinski definition) is 1. The molecule has 2 saturated heterocycles. The molecule has 2 aliphatic heterocycles. The number of carbonyl (C=O) groups excluding carboxylic acids is 2. The predicted octanol–water partition coefficient (Wildman–Crippen LogP) is 3.16. The lowest BCUT2D eigenvalue weighted by Gasteiger charge is -2.31. The highest BCUT2D eigenvalue weighted by atomic mass is 79.9. The van der Waals surface area contributed by atoms with Crippen LogP contribution >= 0.6 is 15.9 Å². The number of nitrogens with zero attached hydrogens (tertiary/aromatic N) is 4. The number of Topliss-reactive ketones (excluding diaryl/α,β-unsaturated/α-hetero) is 1. The van der Waals surface area contributed by atoms with E-state index < -0.39 is 17.7 Å². The lowest BCUT2D eigenvalue weighted by molar-refractivity contribution is -0.140. The molecule has 0 unspecified atom stereocenters. The van der Waals surface area contributed by atoms with Crippen LogP contribution in [0, 0.1) is 6.92 Å². The number of aromatic nitrogens is 2. The van der Waals surface area contributed by atoms with Gasteiger partial charge in [0.05, 0.1) is 30.5 Å². The van der Waals surface area contributed by atoms with Crippen LogP contribution in [0.4, 0.5) is 0 Å². The van der Waals surface area contributed by atoms with Gasteiger partial charge >= 0.3 is 0 Å². The first kappa shape index (κ1) is 22.8. The largest absolute Gasteiger partial charge is 0.505 e. The SMILES string of the molecule is Cc1nc2ccccn2c1C(O)=C1C(=O)C(=O)N(CCN2CCOCC2)[C@@H]1c1ccc(Br)cc1. The monoisotopic (exact) mass is 524 g/mol. The summed E-state index contributed by atoms with van der Waals surface area (Å²) >= 11 is 3.45. The summed E-state index contributed by atoms with van der Waals surface area (Å²) in [6.07, 6.45) is 1.79. The Bertz CT molecular complexity index is 1280. The lowest BCUT2D eigenvalue weighted by Crippen LogP contribution is -2.42. The molecule has 1 atom stereocenters. The predicted molar refractivity (Wildman–Crippen MR) is 130 cm³/mol. The van der Waals surface area contributed by atoms with E-state index in [4.69, 9.17) is 4.74 Å². The van der Waals surface area contributed by atoms with Gasteiger partial charge in [0.15, 0.2) is 5.76 Å². The Balaban J connectivity index is 1.60. The first-order valence-electron chi connectivity index (χ1n) is 11.2. The molecule has 8 nitrogen and oxygen atoms in total. The van der Waals surface area contributed by atoms with E-state index in [0.29, 0.717) is 43.3 Å². The van der Waals surface area contributed by atoms with Gasteiger partial charge in [-0.15, -0.1) is 0 Å². The molecule has 0 aliphatic carbocycles. The molecule has 2 fully saturated rings. The summed E-state index contributed by atoms with van der Waals surface area (Å²) in [5.74, 6) is -1.50. The van der Waals surface area contributed by atoms with Crippen LogP contribution in [0.3, 0.4) is 0 Å². The first-order chi connectivity index (χ1) is 16.5. The van der Waals surface area contributed by atoms with Crippen LogP contribution in [0.2, 0.25) is 0 Å². The number of ketones is 1. The number of rotatable bonds is 5. The number of amides is 1. The molecule has 2 aliphatic rings. The molecule has 4 heterocycles. The Hall–Kier alpha value is -3.01. The van der Waals surface area contributed by atoms with Crippen LogP contribution in [0.25, 0.3) is 11.4 Å². The van der Waals surface area contributed by atoms with Crippen LogP contribution < -0.4 is 0 Å². The number of aliphatic hydroxyl groups excluding tert-OH is 1. The van der Waals surface area contributed by atoms with Crippen LogP contribution in [0.1, 0.15) is 23.0 Å². The number of fused-ring (bicyclic) bond motifs is 1.